The Morgan fingerprint density at radius 1 is 1.24 bits per heavy atom. The van der Waals surface area contributed by atoms with Gasteiger partial charge in [-0.05, 0) is 43.9 Å². The Morgan fingerprint density at radius 2 is 2.00 bits per heavy atom. The molecule has 3 heterocycles. The van der Waals surface area contributed by atoms with E-state index < -0.39 is 17.4 Å². The van der Waals surface area contributed by atoms with Crippen molar-refractivity contribution < 1.29 is 9.59 Å². The molecular weight excluding hydrogens is 394 g/mol. The van der Waals surface area contributed by atoms with Gasteiger partial charge in [-0.3, -0.25) is 19.4 Å². The lowest BCUT2D eigenvalue weighted by molar-refractivity contribution is -0.123. The zero-order chi connectivity index (χ0) is 20.5. The maximum atomic E-state index is 13.0. The van der Waals surface area contributed by atoms with Gasteiger partial charge in [-0.2, -0.15) is 4.98 Å². The fourth-order valence-electron chi connectivity index (χ4n) is 3.80. The van der Waals surface area contributed by atoms with Crippen molar-refractivity contribution >= 4 is 40.9 Å². The summed E-state index contributed by atoms with van der Waals surface area (Å²) in [7, 11) is 0. The molecule has 1 aromatic heterocycles. The van der Waals surface area contributed by atoms with E-state index in [1.807, 2.05) is 4.90 Å². The number of fused-ring (bicyclic) bond motifs is 1. The van der Waals surface area contributed by atoms with Crippen LogP contribution in [0.25, 0.3) is 0 Å². The number of rotatable bonds is 3. The predicted octanol–water partition coefficient (Wildman–Crippen LogP) is 2.79. The van der Waals surface area contributed by atoms with Gasteiger partial charge >= 0.3 is 0 Å². The second-order valence-electron chi connectivity index (χ2n) is 7.41. The van der Waals surface area contributed by atoms with E-state index >= 15 is 0 Å². The number of hydrogen-bond donors (Lipinski definition) is 3. The number of nitrogens with one attached hydrogen (secondary N) is 3. The molecule has 0 saturated carbocycles. The van der Waals surface area contributed by atoms with Crippen LogP contribution in [0.4, 0.5) is 17.5 Å². The molecule has 8 nitrogen and oxygen atoms in total. The molecule has 2 amide bonds. The number of aromatic amines is 1. The van der Waals surface area contributed by atoms with Gasteiger partial charge in [0.2, 0.25) is 17.8 Å². The highest BCUT2D eigenvalue weighted by molar-refractivity contribution is 6.31. The van der Waals surface area contributed by atoms with E-state index in [-0.39, 0.29) is 23.7 Å². The zero-order valence-corrected chi connectivity index (χ0v) is 16.8. The van der Waals surface area contributed by atoms with Crippen LogP contribution in [-0.4, -0.2) is 34.9 Å². The minimum atomic E-state index is -0.927. The van der Waals surface area contributed by atoms with Crippen molar-refractivity contribution in [2.45, 2.75) is 38.5 Å². The molecule has 2 aliphatic rings. The van der Waals surface area contributed by atoms with Crippen LogP contribution in [-0.2, 0) is 9.59 Å². The molecule has 0 radical (unpaired) electrons. The highest BCUT2D eigenvalue weighted by Crippen LogP contribution is 2.31. The van der Waals surface area contributed by atoms with Crippen molar-refractivity contribution in [3.63, 3.8) is 0 Å². The molecule has 1 fully saturated rings. The molecule has 0 spiro atoms. The predicted molar refractivity (Wildman–Crippen MR) is 112 cm³/mol. The minimum Gasteiger partial charge on any atom is -0.342 e. The maximum absolute atomic E-state index is 13.0. The first-order chi connectivity index (χ1) is 13.9. The second kappa shape index (κ2) is 7.87. The molecule has 0 bridgehead atoms. The largest absolute Gasteiger partial charge is 0.342 e. The summed E-state index contributed by atoms with van der Waals surface area (Å²) < 4.78 is 0. The first-order valence-corrected chi connectivity index (χ1v) is 10.1. The highest BCUT2D eigenvalue weighted by Gasteiger charge is 2.35. The Kier molecular flexibility index (Phi) is 5.27. The summed E-state index contributed by atoms with van der Waals surface area (Å²) in [6.07, 6.45) is 3.08. The molecule has 29 heavy (non-hydrogen) atoms. The van der Waals surface area contributed by atoms with Crippen LogP contribution in [0.1, 0.15) is 42.7 Å². The number of carbonyl (C=O) groups excluding carboxylic acids is 2. The van der Waals surface area contributed by atoms with Gasteiger partial charge in [-0.15, -0.1) is 0 Å². The second-order valence-corrected chi connectivity index (χ2v) is 7.81. The van der Waals surface area contributed by atoms with Crippen LogP contribution >= 0.6 is 11.6 Å². The molecule has 152 valence electrons. The van der Waals surface area contributed by atoms with Gasteiger partial charge in [0.15, 0.2) is 0 Å². The number of anilines is 3. The first-order valence-electron chi connectivity index (χ1n) is 9.69. The monoisotopic (exact) mass is 415 g/mol. The molecule has 1 aromatic carbocycles. The van der Waals surface area contributed by atoms with Gasteiger partial charge in [0.05, 0.1) is 11.5 Å². The molecule has 1 saturated heterocycles. The lowest BCUT2D eigenvalue weighted by Crippen LogP contribution is -2.38. The number of nitrogens with zero attached hydrogens (tertiary/aromatic N) is 2. The number of H-pyrrole nitrogens is 1. The first kappa shape index (κ1) is 19.4. The van der Waals surface area contributed by atoms with Crippen molar-refractivity contribution in [2.24, 2.45) is 0 Å². The molecular formula is C20H22ClN5O3. The van der Waals surface area contributed by atoms with E-state index in [2.05, 4.69) is 20.6 Å². The smallest absolute Gasteiger partial charge is 0.258 e. The van der Waals surface area contributed by atoms with Gasteiger partial charge in [0.1, 0.15) is 5.82 Å². The van der Waals surface area contributed by atoms with Gasteiger partial charge in [0, 0.05) is 30.2 Å². The Balaban J connectivity index is 1.66. The Hall–Kier alpha value is -2.87. The van der Waals surface area contributed by atoms with E-state index in [4.69, 9.17) is 11.6 Å². The summed E-state index contributed by atoms with van der Waals surface area (Å²) in [6, 6.07) is 5.18. The SMILES string of the molecule is Cc1c(Cl)cccc1NC(=O)[C@@H]1CC(=O)Nc2nc(N3CCCCC3)[nH]c(=O)c21. The number of benzene rings is 1. The van der Waals surface area contributed by atoms with Gasteiger partial charge in [0.25, 0.3) is 5.56 Å². The normalized spacial score (nSPS) is 18.8. The van der Waals surface area contributed by atoms with Crippen molar-refractivity contribution in [3.8, 4) is 0 Å². The molecule has 1 atom stereocenters. The standard InChI is InChI=1S/C20H22ClN5O3/c1-11-13(21)6-5-7-14(11)22-18(28)12-10-15(27)23-17-16(12)19(29)25-20(24-17)26-8-3-2-4-9-26/h5-7,12H,2-4,8-10H2,1H3,(H,22,28)(H2,23,24,25,27,29)/t12-/m1/s1. The third-order valence-corrected chi connectivity index (χ3v) is 5.85. The van der Waals surface area contributed by atoms with E-state index in [1.165, 1.54) is 0 Å². The van der Waals surface area contributed by atoms with Crippen molar-refractivity contribution in [2.75, 3.05) is 28.6 Å². The molecule has 2 aromatic rings. The van der Waals surface area contributed by atoms with E-state index in [0.29, 0.717) is 16.7 Å². The maximum Gasteiger partial charge on any atom is 0.258 e. The van der Waals surface area contributed by atoms with Gasteiger partial charge < -0.3 is 15.5 Å². The van der Waals surface area contributed by atoms with Gasteiger partial charge in [-0.25, -0.2) is 0 Å². The van der Waals surface area contributed by atoms with Crippen molar-refractivity contribution in [1.82, 2.24) is 9.97 Å². The van der Waals surface area contributed by atoms with Crippen LogP contribution in [0.15, 0.2) is 23.0 Å². The Labute approximate surface area is 172 Å². The minimum absolute atomic E-state index is 0.119. The van der Waals surface area contributed by atoms with Crippen molar-refractivity contribution in [3.05, 3.63) is 44.7 Å². The summed E-state index contributed by atoms with van der Waals surface area (Å²) in [4.78, 5) is 47.3. The number of carbonyl (C=O) groups is 2. The van der Waals surface area contributed by atoms with E-state index in [9.17, 15) is 14.4 Å². The lowest BCUT2D eigenvalue weighted by Gasteiger charge is -2.29. The molecule has 9 heteroatoms. The zero-order valence-electron chi connectivity index (χ0n) is 16.0. The molecule has 0 unspecified atom stereocenters. The van der Waals surface area contributed by atoms with Crippen LogP contribution in [0, 0.1) is 6.92 Å². The molecule has 0 aliphatic carbocycles. The average molecular weight is 416 g/mol. The summed E-state index contributed by atoms with van der Waals surface area (Å²) in [5.74, 6) is -1.12. The molecule has 3 N–H and O–H groups in total. The fourth-order valence-corrected chi connectivity index (χ4v) is 3.98. The quantitative estimate of drug-likeness (QED) is 0.714. The third kappa shape index (κ3) is 3.85. The number of halogens is 1. The van der Waals surface area contributed by atoms with Gasteiger partial charge in [-0.1, -0.05) is 17.7 Å². The number of aromatic nitrogens is 2. The summed E-state index contributed by atoms with van der Waals surface area (Å²) in [5, 5.41) is 5.97. The number of amides is 2. The molecule has 2 aliphatic heterocycles. The van der Waals surface area contributed by atoms with Crippen LogP contribution in [0.3, 0.4) is 0 Å². The van der Waals surface area contributed by atoms with E-state index in [1.54, 1.807) is 25.1 Å². The topological polar surface area (TPSA) is 107 Å². The Bertz CT molecular complexity index is 1030. The average Bonchev–Trinajstić information content (AvgIpc) is 2.71. The molecule has 4 rings (SSSR count). The summed E-state index contributed by atoms with van der Waals surface area (Å²) >= 11 is 6.12. The fraction of sp³-hybridized carbons (Fsp3) is 0.400. The third-order valence-electron chi connectivity index (χ3n) is 5.44. The highest BCUT2D eigenvalue weighted by atomic mass is 35.5. The van der Waals surface area contributed by atoms with Crippen LogP contribution < -0.4 is 21.1 Å². The summed E-state index contributed by atoms with van der Waals surface area (Å²) in [5.41, 5.74) is 1.04. The number of hydrogen-bond acceptors (Lipinski definition) is 5. The number of piperidine rings is 1. The Morgan fingerprint density at radius 3 is 2.76 bits per heavy atom. The lowest BCUT2D eigenvalue weighted by atomic mass is 9.92. The van der Waals surface area contributed by atoms with Crippen molar-refractivity contribution in [1.29, 1.82) is 0 Å². The van der Waals surface area contributed by atoms with E-state index in [0.717, 1.165) is 37.9 Å². The van der Waals surface area contributed by atoms with Crippen LogP contribution in [0.5, 0.6) is 0 Å². The summed E-state index contributed by atoms with van der Waals surface area (Å²) in [6.45, 7) is 3.39. The van der Waals surface area contributed by atoms with Crippen LogP contribution in [0.2, 0.25) is 5.02 Å².